The van der Waals surface area contributed by atoms with Gasteiger partial charge in [0.1, 0.15) is 5.58 Å². The summed E-state index contributed by atoms with van der Waals surface area (Å²) in [6.45, 7) is 5.27. The van der Waals surface area contributed by atoms with E-state index < -0.39 is 0 Å². The summed E-state index contributed by atoms with van der Waals surface area (Å²) in [7, 11) is 0. The highest BCUT2D eigenvalue weighted by molar-refractivity contribution is 7.99. The number of carbonyl (C=O) groups excluding carboxylic acids is 2. The minimum absolute atomic E-state index is 0.00654. The predicted octanol–water partition coefficient (Wildman–Crippen LogP) is 6.11. The van der Waals surface area contributed by atoms with Gasteiger partial charge in [-0.1, -0.05) is 44.4 Å². The van der Waals surface area contributed by atoms with Gasteiger partial charge in [0.2, 0.25) is 5.91 Å². The molecule has 34 heavy (non-hydrogen) atoms. The first-order valence-electron chi connectivity index (χ1n) is 13.3. The van der Waals surface area contributed by atoms with Crippen LogP contribution < -0.4 is 0 Å². The van der Waals surface area contributed by atoms with Gasteiger partial charge in [-0.2, -0.15) is 11.8 Å². The standard InChI is InChI=1S/C28H38N2O3S/c1-20-8-7-15-30(18-20)27(31)21-13-16-29(17-14-21)28(32)26-24(19-34-22-9-3-2-4-10-22)23-11-5-6-12-25(23)33-26/h5-6,11-12,20-22H,2-4,7-10,13-19H2,1H3. The van der Waals surface area contributed by atoms with E-state index in [9.17, 15) is 9.59 Å². The molecule has 1 saturated carbocycles. The van der Waals surface area contributed by atoms with Gasteiger partial charge in [0.05, 0.1) is 0 Å². The molecule has 6 heteroatoms. The quantitative estimate of drug-likeness (QED) is 0.516. The smallest absolute Gasteiger partial charge is 0.289 e. The molecular weight excluding hydrogens is 444 g/mol. The van der Waals surface area contributed by atoms with Crippen molar-refractivity contribution in [3.05, 3.63) is 35.6 Å². The van der Waals surface area contributed by atoms with Crippen molar-refractivity contribution in [3.63, 3.8) is 0 Å². The Bertz CT molecular complexity index is 1000. The van der Waals surface area contributed by atoms with Crippen molar-refractivity contribution in [1.82, 2.24) is 9.80 Å². The molecule has 3 heterocycles. The van der Waals surface area contributed by atoms with Crippen LogP contribution in [0.5, 0.6) is 0 Å². The van der Waals surface area contributed by atoms with E-state index in [0.717, 1.165) is 54.6 Å². The number of benzene rings is 1. The van der Waals surface area contributed by atoms with Gasteiger partial charge in [-0.15, -0.1) is 0 Å². The number of furan rings is 1. The van der Waals surface area contributed by atoms with Crippen molar-refractivity contribution >= 4 is 34.5 Å². The zero-order valence-electron chi connectivity index (χ0n) is 20.5. The molecule has 0 bridgehead atoms. The Kier molecular flexibility index (Phi) is 7.52. The average Bonchev–Trinajstić information content (AvgIpc) is 3.26. The number of fused-ring (bicyclic) bond motifs is 1. The van der Waals surface area contributed by atoms with E-state index in [1.807, 2.05) is 34.9 Å². The molecule has 2 aliphatic heterocycles. The van der Waals surface area contributed by atoms with Crippen LogP contribution >= 0.6 is 11.8 Å². The van der Waals surface area contributed by atoms with Crippen molar-refractivity contribution in [2.24, 2.45) is 11.8 Å². The first-order chi connectivity index (χ1) is 16.6. The van der Waals surface area contributed by atoms with Gasteiger partial charge in [-0.3, -0.25) is 9.59 Å². The Hall–Kier alpha value is -1.95. The summed E-state index contributed by atoms with van der Waals surface area (Å²) in [5.74, 6) is 2.27. The molecular formula is C28H38N2O3S. The van der Waals surface area contributed by atoms with Crippen LogP contribution in [0.3, 0.4) is 0 Å². The van der Waals surface area contributed by atoms with Gasteiger partial charge >= 0.3 is 0 Å². The lowest BCUT2D eigenvalue weighted by Crippen LogP contribution is -2.47. The molecule has 1 atom stereocenters. The summed E-state index contributed by atoms with van der Waals surface area (Å²) >= 11 is 1.99. The molecule has 1 aromatic carbocycles. The van der Waals surface area contributed by atoms with Gasteiger partial charge in [0.25, 0.3) is 5.91 Å². The third-order valence-electron chi connectivity index (χ3n) is 8.01. The van der Waals surface area contributed by atoms with Crippen LogP contribution in [-0.4, -0.2) is 53.0 Å². The zero-order valence-corrected chi connectivity index (χ0v) is 21.3. The van der Waals surface area contributed by atoms with E-state index in [1.54, 1.807) is 0 Å². The van der Waals surface area contributed by atoms with Gasteiger partial charge in [-0.05, 0) is 50.5 Å². The van der Waals surface area contributed by atoms with E-state index in [2.05, 4.69) is 17.9 Å². The Morgan fingerprint density at radius 1 is 0.941 bits per heavy atom. The van der Waals surface area contributed by atoms with Crippen LogP contribution in [0.1, 0.15) is 80.8 Å². The number of piperidine rings is 2. The number of para-hydroxylation sites is 1. The average molecular weight is 483 g/mol. The van der Waals surface area contributed by atoms with Gasteiger partial charge in [-0.25, -0.2) is 0 Å². The predicted molar refractivity (Wildman–Crippen MR) is 138 cm³/mol. The van der Waals surface area contributed by atoms with Crippen LogP contribution in [0.2, 0.25) is 0 Å². The van der Waals surface area contributed by atoms with Crippen LogP contribution in [0.4, 0.5) is 0 Å². The van der Waals surface area contributed by atoms with Crippen LogP contribution in [0, 0.1) is 11.8 Å². The second-order valence-corrected chi connectivity index (χ2v) is 11.9. The fourth-order valence-corrected chi connectivity index (χ4v) is 7.32. The van der Waals surface area contributed by atoms with Crippen molar-refractivity contribution in [1.29, 1.82) is 0 Å². The summed E-state index contributed by atoms with van der Waals surface area (Å²) in [6, 6.07) is 8.04. The first-order valence-corrected chi connectivity index (χ1v) is 14.3. The second kappa shape index (κ2) is 10.8. The van der Waals surface area contributed by atoms with E-state index >= 15 is 0 Å². The summed E-state index contributed by atoms with van der Waals surface area (Å²) in [6.07, 6.45) is 10.4. The first kappa shape index (κ1) is 23.8. The Labute approximate surface area is 207 Å². The molecule has 184 valence electrons. The summed E-state index contributed by atoms with van der Waals surface area (Å²) in [4.78, 5) is 30.6. The molecule has 1 aromatic heterocycles. The van der Waals surface area contributed by atoms with Crippen LogP contribution in [0.25, 0.3) is 11.0 Å². The number of carbonyl (C=O) groups is 2. The number of hydrogen-bond donors (Lipinski definition) is 0. The van der Waals surface area contributed by atoms with Gasteiger partial charge < -0.3 is 14.2 Å². The maximum atomic E-state index is 13.6. The number of amides is 2. The number of rotatable bonds is 5. The normalized spacial score (nSPS) is 22.9. The molecule has 3 aliphatic rings. The fraction of sp³-hybridized carbons (Fsp3) is 0.643. The monoisotopic (exact) mass is 482 g/mol. The topological polar surface area (TPSA) is 53.8 Å². The third-order valence-corrected chi connectivity index (χ3v) is 9.41. The largest absolute Gasteiger partial charge is 0.451 e. The highest BCUT2D eigenvalue weighted by Crippen LogP contribution is 2.36. The number of likely N-dealkylation sites (tertiary alicyclic amines) is 2. The Balaban J connectivity index is 1.26. The number of nitrogens with zero attached hydrogens (tertiary/aromatic N) is 2. The third kappa shape index (κ3) is 5.17. The van der Waals surface area contributed by atoms with Crippen LogP contribution in [0.15, 0.2) is 28.7 Å². The van der Waals surface area contributed by atoms with E-state index in [-0.39, 0.29) is 11.8 Å². The lowest BCUT2D eigenvalue weighted by molar-refractivity contribution is -0.138. The highest BCUT2D eigenvalue weighted by atomic mass is 32.2. The Morgan fingerprint density at radius 3 is 2.47 bits per heavy atom. The molecule has 2 amide bonds. The maximum Gasteiger partial charge on any atom is 0.289 e. The highest BCUT2D eigenvalue weighted by Gasteiger charge is 2.34. The summed E-state index contributed by atoms with van der Waals surface area (Å²) in [5, 5.41) is 1.75. The number of thioether (sulfide) groups is 1. The summed E-state index contributed by atoms with van der Waals surface area (Å²) < 4.78 is 6.16. The van der Waals surface area contributed by atoms with E-state index in [0.29, 0.717) is 35.9 Å². The SMILES string of the molecule is CC1CCCN(C(=O)C2CCN(C(=O)c3oc4ccccc4c3CSC3CCCCC3)CC2)C1. The lowest BCUT2D eigenvalue weighted by Gasteiger charge is -2.37. The van der Waals surface area contributed by atoms with E-state index in [4.69, 9.17) is 4.42 Å². The van der Waals surface area contributed by atoms with Crippen molar-refractivity contribution < 1.29 is 14.0 Å². The maximum absolute atomic E-state index is 13.6. The lowest BCUT2D eigenvalue weighted by atomic mass is 9.92. The van der Waals surface area contributed by atoms with Crippen LogP contribution in [-0.2, 0) is 10.5 Å². The van der Waals surface area contributed by atoms with Crippen molar-refractivity contribution in [2.75, 3.05) is 26.2 Å². The minimum atomic E-state index is -0.00654. The molecule has 0 N–H and O–H groups in total. The second-order valence-electron chi connectivity index (χ2n) is 10.6. The molecule has 2 saturated heterocycles. The Morgan fingerprint density at radius 2 is 1.71 bits per heavy atom. The molecule has 1 aliphatic carbocycles. The van der Waals surface area contributed by atoms with Crippen molar-refractivity contribution in [2.45, 2.75) is 75.7 Å². The van der Waals surface area contributed by atoms with Gasteiger partial charge in [0.15, 0.2) is 5.76 Å². The molecule has 0 radical (unpaired) electrons. The van der Waals surface area contributed by atoms with Gasteiger partial charge in [0, 0.05) is 54.0 Å². The van der Waals surface area contributed by atoms with Crippen molar-refractivity contribution in [3.8, 4) is 0 Å². The molecule has 2 aromatic rings. The molecule has 1 unspecified atom stereocenters. The molecule has 3 fully saturated rings. The summed E-state index contributed by atoms with van der Waals surface area (Å²) in [5.41, 5.74) is 1.85. The molecule has 5 rings (SSSR count). The van der Waals surface area contributed by atoms with E-state index in [1.165, 1.54) is 38.5 Å². The molecule has 0 spiro atoms. The zero-order chi connectivity index (χ0) is 23.5. The minimum Gasteiger partial charge on any atom is -0.451 e. The molecule has 5 nitrogen and oxygen atoms in total. The fourth-order valence-electron chi connectivity index (χ4n) is 5.97. The number of hydrogen-bond acceptors (Lipinski definition) is 4.